The van der Waals surface area contributed by atoms with E-state index >= 15 is 0 Å². The molecule has 0 aromatic heterocycles. The predicted octanol–water partition coefficient (Wildman–Crippen LogP) is 3.71. The molecule has 0 saturated carbocycles. The van der Waals surface area contributed by atoms with Crippen molar-refractivity contribution in [2.75, 3.05) is 13.2 Å². The van der Waals surface area contributed by atoms with Crippen LogP contribution in [0.5, 0.6) is 0 Å². The molecule has 1 aromatic rings. The average molecular weight is 323 g/mol. The second-order valence-corrected chi connectivity index (χ2v) is 6.30. The van der Waals surface area contributed by atoms with Crippen molar-refractivity contribution in [3.8, 4) is 0 Å². The fourth-order valence-electron chi connectivity index (χ4n) is 1.36. The van der Waals surface area contributed by atoms with Gasteiger partial charge in [-0.3, -0.25) is 4.57 Å². The molecule has 96 valence electrons. The van der Waals surface area contributed by atoms with Gasteiger partial charge in [0.15, 0.2) is 5.85 Å². The van der Waals surface area contributed by atoms with Gasteiger partial charge in [0.25, 0.3) is 0 Å². The molecule has 1 atom stereocenters. The Bertz CT molecular complexity index is 383. The molecule has 0 bridgehead atoms. The molecule has 0 spiro atoms. The summed E-state index contributed by atoms with van der Waals surface area (Å²) in [5.74, 6) is -1.25. The molecule has 0 aliphatic heterocycles. The minimum atomic E-state index is -3.51. The molecular weight excluding hydrogens is 307 g/mol. The van der Waals surface area contributed by atoms with Gasteiger partial charge in [0.2, 0.25) is 0 Å². The Hall–Kier alpha value is -0.190. The summed E-state index contributed by atoms with van der Waals surface area (Å²) in [6.45, 7) is 3.87. The summed E-state index contributed by atoms with van der Waals surface area (Å²) in [5, 5.41) is 10.1. The largest absolute Gasteiger partial charge is 0.376 e. The van der Waals surface area contributed by atoms with Crippen LogP contribution in [0.1, 0.15) is 25.3 Å². The minimum absolute atomic E-state index is 0.227. The van der Waals surface area contributed by atoms with Crippen molar-refractivity contribution in [1.82, 2.24) is 0 Å². The molecule has 0 aliphatic rings. The van der Waals surface area contributed by atoms with Crippen LogP contribution in [0, 0.1) is 0 Å². The molecule has 0 saturated heterocycles. The molecular formula is C11H16BrO4P. The molecule has 0 unspecified atom stereocenters. The lowest BCUT2D eigenvalue weighted by Crippen LogP contribution is -2.06. The van der Waals surface area contributed by atoms with Crippen molar-refractivity contribution >= 4 is 23.5 Å². The van der Waals surface area contributed by atoms with Crippen molar-refractivity contribution in [3.05, 3.63) is 34.3 Å². The molecule has 0 amide bonds. The van der Waals surface area contributed by atoms with E-state index in [4.69, 9.17) is 9.05 Å². The second kappa shape index (κ2) is 6.66. The van der Waals surface area contributed by atoms with Gasteiger partial charge in [-0.05, 0) is 31.5 Å². The van der Waals surface area contributed by atoms with Crippen molar-refractivity contribution in [2.45, 2.75) is 19.7 Å². The highest BCUT2D eigenvalue weighted by atomic mass is 79.9. The lowest BCUT2D eigenvalue weighted by atomic mass is 10.2. The molecule has 0 radical (unpaired) electrons. The van der Waals surface area contributed by atoms with Gasteiger partial charge in [0.05, 0.1) is 13.2 Å². The Morgan fingerprint density at radius 3 is 2.12 bits per heavy atom. The third-order valence-corrected chi connectivity index (χ3v) is 4.75. The van der Waals surface area contributed by atoms with Crippen molar-refractivity contribution in [3.63, 3.8) is 0 Å². The van der Waals surface area contributed by atoms with Crippen LogP contribution in [0.4, 0.5) is 0 Å². The highest BCUT2D eigenvalue weighted by Gasteiger charge is 2.35. The van der Waals surface area contributed by atoms with Crippen LogP contribution in [0.2, 0.25) is 0 Å². The summed E-state index contributed by atoms with van der Waals surface area (Å²) in [7, 11) is -3.51. The lowest BCUT2D eigenvalue weighted by Gasteiger charge is -2.22. The van der Waals surface area contributed by atoms with Crippen LogP contribution in [0.15, 0.2) is 28.7 Å². The smallest absolute Gasteiger partial charge is 0.363 e. The van der Waals surface area contributed by atoms with Gasteiger partial charge in [0, 0.05) is 4.47 Å². The average Bonchev–Trinajstić information content (AvgIpc) is 2.30. The van der Waals surface area contributed by atoms with E-state index in [1.807, 2.05) is 0 Å². The number of aliphatic hydroxyl groups excluding tert-OH is 1. The highest BCUT2D eigenvalue weighted by Crippen LogP contribution is 2.59. The van der Waals surface area contributed by atoms with Crippen LogP contribution in [0.3, 0.4) is 0 Å². The maximum Gasteiger partial charge on any atom is 0.363 e. The Balaban J connectivity index is 2.95. The predicted molar refractivity (Wildman–Crippen MR) is 70.0 cm³/mol. The standard InChI is InChI=1S/C11H16BrO4P/c1-3-15-17(14,16-4-2)11(13)9-5-7-10(12)8-6-9/h5-8,11,13H,3-4H2,1-2H3/t11-/m1/s1. The molecule has 0 aliphatic carbocycles. The number of benzene rings is 1. The van der Waals surface area contributed by atoms with E-state index < -0.39 is 13.4 Å². The van der Waals surface area contributed by atoms with E-state index in [1.165, 1.54) is 0 Å². The molecule has 1 aromatic carbocycles. The fraction of sp³-hybridized carbons (Fsp3) is 0.455. The summed E-state index contributed by atoms with van der Waals surface area (Å²) in [5.41, 5.74) is 0.512. The monoisotopic (exact) mass is 322 g/mol. The first-order valence-corrected chi connectivity index (χ1v) is 7.76. The lowest BCUT2D eigenvalue weighted by molar-refractivity contribution is 0.150. The zero-order chi connectivity index (χ0) is 12.9. The first-order valence-electron chi connectivity index (χ1n) is 5.35. The number of hydrogen-bond donors (Lipinski definition) is 1. The normalized spacial score (nSPS) is 13.6. The van der Waals surface area contributed by atoms with Crippen molar-refractivity contribution in [1.29, 1.82) is 0 Å². The topological polar surface area (TPSA) is 55.8 Å². The van der Waals surface area contributed by atoms with Crippen molar-refractivity contribution < 1.29 is 18.7 Å². The summed E-state index contributed by atoms with van der Waals surface area (Å²) < 4.78 is 23.4. The summed E-state index contributed by atoms with van der Waals surface area (Å²) in [6.07, 6.45) is 0. The zero-order valence-corrected chi connectivity index (χ0v) is 12.3. The quantitative estimate of drug-likeness (QED) is 0.811. The Morgan fingerprint density at radius 2 is 1.71 bits per heavy atom. The molecule has 0 heterocycles. The van der Waals surface area contributed by atoms with E-state index in [2.05, 4.69) is 15.9 Å². The molecule has 17 heavy (non-hydrogen) atoms. The van der Waals surface area contributed by atoms with Crippen LogP contribution >= 0.6 is 23.5 Å². The van der Waals surface area contributed by atoms with E-state index in [1.54, 1.807) is 38.1 Å². The number of aliphatic hydroxyl groups is 1. The number of rotatable bonds is 6. The van der Waals surface area contributed by atoms with Crippen LogP contribution < -0.4 is 0 Å². The minimum Gasteiger partial charge on any atom is -0.376 e. The molecule has 4 nitrogen and oxygen atoms in total. The van der Waals surface area contributed by atoms with E-state index in [-0.39, 0.29) is 13.2 Å². The van der Waals surface area contributed by atoms with Gasteiger partial charge in [0.1, 0.15) is 0 Å². The van der Waals surface area contributed by atoms with Crippen LogP contribution in [-0.4, -0.2) is 18.3 Å². The van der Waals surface area contributed by atoms with E-state index in [0.717, 1.165) is 4.47 Å². The Labute approximate surface area is 110 Å². The zero-order valence-electron chi connectivity index (χ0n) is 9.80. The molecule has 1 rings (SSSR count). The summed E-state index contributed by atoms with van der Waals surface area (Å²) in [6, 6.07) is 6.89. The van der Waals surface area contributed by atoms with Gasteiger partial charge < -0.3 is 14.2 Å². The first-order chi connectivity index (χ1) is 8.03. The van der Waals surface area contributed by atoms with Crippen LogP contribution in [0.25, 0.3) is 0 Å². The van der Waals surface area contributed by atoms with Gasteiger partial charge in [-0.15, -0.1) is 0 Å². The molecule has 0 fully saturated rings. The third-order valence-electron chi connectivity index (χ3n) is 2.09. The molecule has 6 heteroatoms. The number of halogens is 1. The van der Waals surface area contributed by atoms with Gasteiger partial charge in [-0.2, -0.15) is 0 Å². The number of hydrogen-bond acceptors (Lipinski definition) is 4. The Kier molecular flexibility index (Phi) is 5.83. The molecule has 1 N–H and O–H groups in total. The van der Waals surface area contributed by atoms with E-state index in [0.29, 0.717) is 5.56 Å². The second-order valence-electron chi connectivity index (χ2n) is 3.30. The summed E-state index contributed by atoms with van der Waals surface area (Å²) >= 11 is 3.29. The maximum atomic E-state index is 12.3. The van der Waals surface area contributed by atoms with Crippen molar-refractivity contribution in [2.24, 2.45) is 0 Å². The SMILES string of the molecule is CCOP(=O)(OCC)[C@@H](O)c1ccc(Br)cc1. The van der Waals surface area contributed by atoms with E-state index in [9.17, 15) is 9.67 Å². The van der Waals surface area contributed by atoms with Gasteiger partial charge in [-0.25, -0.2) is 0 Å². The maximum absolute atomic E-state index is 12.3. The Morgan fingerprint density at radius 1 is 1.24 bits per heavy atom. The highest BCUT2D eigenvalue weighted by molar-refractivity contribution is 9.10. The first kappa shape index (κ1) is 14.9. The van der Waals surface area contributed by atoms with Gasteiger partial charge >= 0.3 is 7.60 Å². The van der Waals surface area contributed by atoms with Crippen LogP contribution in [-0.2, 0) is 13.6 Å². The summed E-state index contributed by atoms with van der Waals surface area (Å²) in [4.78, 5) is 0. The van der Waals surface area contributed by atoms with Gasteiger partial charge in [-0.1, -0.05) is 28.1 Å². The fourth-order valence-corrected chi connectivity index (χ4v) is 3.23. The third kappa shape index (κ3) is 3.90.